The number of methoxy groups -OCH3 is 2. The summed E-state index contributed by atoms with van der Waals surface area (Å²) in [6.45, 7) is 0.210. The van der Waals surface area contributed by atoms with Crippen LogP contribution in [0.1, 0.15) is 11.5 Å². The summed E-state index contributed by atoms with van der Waals surface area (Å²) in [6, 6.07) is 12.3. The van der Waals surface area contributed by atoms with Gasteiger partial charge in [0.1, 0.15) is 6.54 Å². The van der Waals surface area contributed by atoms with Crippen molar-refractivity contribution < 1.29 is 14.0 Å². The van der Waals surface area contributed by atoms with Gasteiger partial charge in [-0.3, -0.25) is 14.2 Å². The van der Waals surface area contributed by atoms with Gasteiger partial charge in [-0.25, -0.2) is 0 Å². The first kappa shape index (κ1) is 21.4. The predicted octanol–water partition coefficient (Wildman–Crippen LogP) is 2.83. The number of rotatable bonds is 7. The van der Waals surface area contributed by atoms with Crippen molar-refractivity contribution in [1.82, 2.24) is 19.3 Å². The second kappa shape index (κ2) is 9.11. The molecule has 2 aromatic carbocycles. The Morgan fingerprint density at radius 2 is 1.62 bits per heavy atom. The number of halogens is 1. The van der Waals surface area contributed by atoms with E-state index in [1.165, 1.54) is 29.6 Å². The molecule has 0 fully saturated rings. The highest BCUT2D eigenvalue weighted by atomic mass is 35.5. The van der Waals surface area contributed by atoms with Crippen LogP contribution in [0, 0.1) is 0 Å². The van der Waals surface area contributed by atoms with Crippen molar-refractivity contribution in [3.63, 3.8) is 0 Å². The molecule has 0 atom stereocenters. The molecule has 0 bridgehead atoms. The van der Waals surface area contributed by atoms with E-state index in [4.69, 9.17) is 25.6 Å². The molecule has 4 aromatic rings. The number of ether oxygens (including phenoxy) is 2. The number of nitrogens with zero attached hydrogens (tertiary/aromatic N) is 4. The highest BCUT2D eigenvalue weighted by molar-refractivity contribution is 6.30. The molecule has 32 heavy (non-hydrogen) atoms. The first-order chi connectivity index (χ1) is 15.5. The zero-order valence-electron chi connectivity index (χ0n) is 17.3. The lowest BCUT2D eigenvalue weighted by atomic mass is 10.1. The number of hydrogen-bond donors (Lipinski definition) is 0. The van der Waals surface area contributed by atoms with Crippen molar-refractivity contribution in [1.29, 1.82) is 0 Å². The molecule has 0 aliphatic rings. The predicted molar refractivity (Wildman–Crippen MR) is 117 cm³/mol. The molecule has 164 valence electrons. The van der Waals surface area contributed by atoms with Gasteiger partial charge in [0.25, 0.3) is 0 Å². The second-order valence-electron chi connectivity index (χ2n) is 6.84. The summed E-state index contributed by atoms with van der Waals surface area (Å²) in [5.41, 5.74) is 0.0758. The summed E-state index contributed by atoms with van der Waals surface area (Å²) < 4.78 is 18.5. The van der Waals surface area contributed by atoms with E-state index in [1.807, 2.05) is 0 Å². The molecule has 4 rings (SSSR count). The van der Waals surface area contributed by atoms with E-state index in [0.29, 0.717) is 22.1 Å². The fourth-order valence-electron chi connectivity index (χ4n) is 3.21. The van der Waals surface area contributed by atoms with Gasteiger partial charge in [-0.05, 0) is 29.8 Å². The summed E-state index contributed by atoms with van der Waals surface area (Å²) in [7, 11) is 3.05. The zero-order chi connectivity index (χ0) is 22.7. The average molecular weight is 455 g/mol. The monoisotopic (exact) mass is 454 g/mol. The van der Waals surface area contributed by atoms with Gasteiger partial charge in [-0.15, -0.1) is 0 Å². The normalized spacial score (nSPS) is 10.8. The number of benzene rings is 2. The lowest BCUT2D eigenvalue weighted by Crippen LogP contribution is -2.40. The molecule has 2 heterocycles. The van der Waals surface area contributed by atoms with Gasteiger partial charge in [0.2, 0.25) is 11.7 Å². The Balaban J connectivity index is 1.58. The van der Waals surface area contributed by atoms with Crippen molar-refractivity contribution in [2.24, 2.45) is 0 Å². The Bertz CT molecular complexity index is 1360. The number of aromatic nitrogens is 4. The molecule has 0 aliphatic heterocycles. The summed E-state index contributed by atoms with van der Waals surface area (Å²) in [5, 5.41) is 4.57. The summed E-state index contributed by atoms with van der Waals surface area (Å²) >= 11 is 5.89. The van der Waals surface area contributed by atoms with Gasteiger partial charge >= 0.3 is 11.1 Å². The topological polar surface area (TPSA) is 101 Å². The first-order valence-corrected chi connectivity index (χ1v) is 9.96. The third-order valence-corrected chi connectivity index (χ3v) is 5.07. The van der Waals surface area contributed by atoms with E-state index < -0.39 is 11.1 Å². The molecule has 0 radical (unpaired) electrons. The summed E-state index contributed by atoms with van der Waals surface area (Å²) in [5.74, 6) is 1.43. The van der Waals surface area contributed by atoms with E-state index in [9.17, 15) is 9.59 Å². The molecule has 0 spiro atoms. The Hall–Kier alpha value is -3.85. The van der Waals surface area contributed by atoms with E-state index in [2.05, 4.69) is 10.1 Å². The van der Waals surface area contributed by atoms with Gasteiger partial charge in [-0.1, -0.05) is 35.0 Å². The van der Waals surface area contributed by atoms with E-state index in [0.717, 1.165) is 5.56 Å². The Labute approximate surface area is 187 Å². The molecule has 0 unspecified atom stereocenters. The molecular weight excluding hydrogens is 436 g/mol. The van der Waals surface area contributed by atoms with Crippen LogP contribution >= 0.6 is 11.6 Å². The van der Waals surface area contributed by atoms with E-state index in [1.54, 1.807) is 48.7 Å². The molecule has 10 heteroatoms. The van der Waals surface area contributed by atoms with Crippen LogP contribution in [0.4, 0.5) is 0 Å². The minimum Gasteiger partial charge on any atom is -0.493 e. The lowest BCUT2D eigenvalue weighted by Gasteiger charge is -2.09. The molecule has 0 saturated carbocycles. The smallest absolute Gasteiger partial charge is 0.316 e. The highest BCUT2D eigenvalue weighted by Gasteiger charge is 2.17. The van der Waals surface area contributed by atoms with Crippen LogP contribution in [0.25, 0.3) is 11.4 Å². The second-order valence-corrected chi connectivity index (χ2v) is 7.28. The average Bonchev–Trinajstić information content (AvgIpc) is 3.28. The van der Waals surface area contributed by atoms with E-state index >= 15 is 0 Å². The highest BCUT2D eigenvalue weighted by Crippen LogP contribution is 2.36. The van der Waals surface area contributed by atoms with Crippen molar-refractivity contribution in [3.8, 4) is 22.9 Å². The van der Waals surface area contributed by atoms with Crippen molar-refractivity contribution >= 4 is 11.6 Å². The SMILES string of the molecule is COc1cccc(-c2noc(Cn3ccn(Cc4ccc(Cl)cc4)c(=O)c3=O)n2)c1OC. The van der Waals surface area contributed by atoms with Gasteiger partial charge in [0.05, 0.1) is 26.3 Å². The third-order valence-electron chi connectivity index (χ3n) is 4.81. The summed E-state index contributed by atoms with van der Waals surface area (Å²) in [6.07, 6.45) is 3.05. The van der Waals surface area contributed by atoms with Gasteiger partial charge < -0.3 is 18.6 Å². The largest absolute Gasteiger partial charge is 0.493 e. The zero-order valence-corrected chi connectivity index (χ0v) is 18.1. The van der Waals surface area contributed by atoms with Gasteiger partial charge in [0.15, 0.2) is 11.5 Å². The molecule has 0 saturated heterocycles. The Morgan fingerprint density at radius 3 is 2.28 bits per heavy atom. The number of para-hydroxylation sites is 1. The van der Waals surface area contributed by atoms with Crippen LogP contribution in [-0.4, -0.2) is 33.5 Å². The molecular formula is C22H19ClN4O5. The lowest BCUT2D eigenvalue weighted by molar-refractivity contribution is 0.354. The van der Waals surface area contributed by atoms with Crippen LogP contribution < -0.4 is 20.6 Å². The van der Waals surface area contributed by atoms with Crippen LogP contribution in [0.3, 0.4) is 0 Å². The van der Waals surface area contributed by atoms with Crippen molar-refractivity contribution in [2.75, 3.05) is 14.2 Å². The Morgan fingerprint density at radius 1 is 0.938 bits per heavy atom. The maximum Gasteiger partial charge on any atom is 0.316 e. The fraction of sp³-hybridized carbons (Fsp3) is 0.182. The molecule has 0 aliphatic carbocycles. The standard InChI is InChI=1S/C22H19ClN4O5/c1-30-17-5-3-4-16(19(17)31-2)20-24-18(32-25-20)13-27-11-10-26(21(28)22(27)29)12-14-6-8-15(23)9-7-14/h3-11H,12-13H2,1-2H3. The van der Waals surface area contributed by atoms with Crippen LogP contribution in [-0.2, 0) is 13.1 Å². The minimum absolute atomic E-state index is 0.0465. The van der Waals surface area contributed by atoms with Crippen molar-refractivity contribution in [2.45, 2.75) is 13.1 Å². The fourth-order valence-corrected chi connectivity index (χ4v) is 3.34. The van der Waals surface area contributed by atoms with Crippen LogP contribution in [0.5, 0.6) is 11.5 Å². The quantitative estimate of drug-likeness (QED) is 0.396. The summed E-state index contributed by atoms with van der Waals surface area (Å²) in [4.78, 5) is 29.5. The Kier molecular flexibility index (Phi) is 6.09. The van der Waals surface area contributed by atoms with E-state index in [-0.39, 0.29) is 24.8 Å². The molecule has 0 N–H and O–H groups in total. The molecule has 0 amide bonds. The maximum atomic E-state index is 12.6. The van der Waals surface area contributed by atoms with Crippen LogP contribution in [0.2, 0.25) is 5.02 Å². The maximum absolute atomic E-state index is 12.6. The van der Waals surface area contributed by atoms with Crippen LogP contribution in [0.15, 0.2) is 69.0 Å². The van der Waals surface area contributed by atoms with Gasteiger partial charge in [0, 0.05) is 17.4 Å². The minimum atomic E-state index is -0.694. The molecule has 2 aromatic heterocycles. The molecule has 9 nitrogen and oxygen atoms in total. The van der Waals surface area contributed by atoms with Crippen molar-refractivity contribution in [3.05, 3.63) is 92.0 Å². The number of hydrogen-bond acceptors (Lipinski definition) is 7. The van der Waals surface area contributed by atoms with Gasteiger partial charge in [-0.2, -0.15) is 4.98 Å². The first-order valence-electron chi connectivity index (χ1n) is 9.58. The third kappa shape index (κ3) is 4.28.